The summed E-state index contributed by atoms with van der Waals surface area (Å²) in [5.41, 5.74) is 0. The molecule has 15 heavy (non-hydrogen) atoms. The number of anilines is 1. The van der Waals surface area contributed by atoms with Crippen LogP contribution in [0.5, 0.6) is 0 Å². The summed E-state index contributed by atoms with van der Waals surface area (Å²) in [7, 11) is 0. The predicted octanol–water partition coefficient (Wildman–Crippen LogP) is 1.48. The van der Waals surface area contributed by atoms with Crippen LogP contribution in [0.25, 0.3) is 0 Å². The Balaban J connectivity index is 2.16. The van der Waals surface area contributed by atoms with Gasteiger partial charge in [-0.25, -0.2) is 0 Å². The fourth-order valence-electron chi connectivity index (χ4n) is 1.95. The van der Waals surface area contributed by atoms with Crippen LogP contribution in [0.4, 0.5) is 5.82 Å². The van der Waals surface area contributed by atoms with E-state index in [1.54, 1.807) is 6.07 Å². The summed E-state index contributed by atoms with van der Waals surface area (Å²) in [5.74, 6) is 0.804. The second-order valence-corrected chi connectivity index (χ2v) is 4.13. The van der Waals surface area contributed by atoms with Crippen LogP contribution in [0.15, 0.2) is 12.1 Å². The van der Waals surface area contributed by atoms with E-state index in [1.807, 2.05) is 6.07 Å². The number of aliphatic hydroxyl groups excluding tert-OH is 1. The SMILES string of the molecule is OC[C@H]1CCCCN1c1ccc(Cl)nn1. The second kappa shape index (κ2) is 4.77. The zero-order chi connectivity index (χ0) is 10.7. The van der Waals surface area contributed by atoms with Crippen molar-refractivity contribution in [3.63, 3.8) is 0 Å². The molecule has 0 radical (unpaired) electrons. The van der Waals surface area contributed by atoms with Crippen molar-refractivity contribution in [3.8, 4) is 0 Å². The molecule has 1 fully saturated rings. The number of hydrogen-bond donors (Lipinski definition) is 1. The van der Waals surface area contributed by atoms with E-state index in [0.717, 1.165) is 25.2 Å². The Kier molecular flexibility index (Phi) is 3.38. The molecule has 1 saturated heterocycles. The standard InChI is InChI=1S/C10H14ClN3O/c11-9-4-5-10(13-12-9)14-6-2-1-3-8(14)7-15/h4-5,8,15H,1-3,6-7H2/t8-/m1/s1. The smallest absolute Gasteiger partial charge is 0.151 e. The Morgan fingerprint density at radius 3 is 2.93 bits per heavy atom. The molecule has 1 aliphatic rings. The van der Waals surface area contributed by atoms with Gasteiger partial charge in [0.1, 0.15) is 0 Å². The van der Waals surface area contributed by atoms with E-state index in [2.05, 4.69) is 15.1 Å². The third-order valence-electron chi connectivity index (χ3n) is 2.75. The van der Waals surface area contributed by atoms with Crippen molar-refractivity contribution >= 4 is 17.4 Å². The lowest BCUT2D eigenvalue weighted by molar-refractivity contribution is 0.239. The van der Waals surface area contributed by atoms with Crippen LogP contribution >= 0.6 is 11.6 Å². The van der Waals surface area contributed by atoms with Crippen molar-refractivity contribution in [1.29, 1.82) is 0 Å². The van der Waals surface area contributed by atoms with Gasteiger partial charge in [-0.2, -0.15) is 0 Å². The van der Waals surface area contributed by atoms with E-state index < -0.39 is 0 Å². The number of aromatic nitrogens is 2. The van der Waals surface area contributed by atoms with Gasteiger partial charge < -0.3 is 10.0 Å². The lowest BCUT2D eigenvalue weighted by Crippen LogP contribution is -2.42. The van der Waals surface area contributed by atoms with Gasteiger partial charge in [0, 0.05) is 6.54 Å². The molecule has 1 aromatic rings. The van der Waals surface area contributed by atoms with Gasteiger partial charge in [0.15, 0.2) is 11.0 Å². The minimum absolute atomic E-state index is 0.171. The molecule has 2 heterocycles. The third kappa shape index (κ3) is 2.38. The topological polar surface area (TPSA) is 49.2 Å². The van der Waals surface area contributed by atoms with Crippen LogP contribution in [0.2, 0.25) is 5.15 Å². The quantitative estimate of drug-likeness (QED) is 0.832. The Labute approximate surface area is 93.9 Å². The average Bonchev–Trinajstić information content (AvgIpc) is 2.30. The van der Waals surface area contributed by atoms with E-state index in [4.69, 9.17) is 11.6 Å². The fraction of sp³-hybridized carbons (Fsp3) is 0.600. The summed E-state index contributed by atoms with van der Waals surface area (Å²) >= 11 is 5.68. The van der Waals surface area contributed by atoms with Gasteiger partial charge in [-0.3, -0.25) is 0 Å². The van der Waals surface area contributed by atoms with Crippen molar-refractivity contribution in [2.24, 2.45) is 0 Å². The van der Waals surface area contributed by atoms with Gasteiger partial charge in [0.25, 0.3) is 0 Å². The molecule has 82 valence electrons. The lowest BCUT2D eigenvalue weighted by Gasteiger charge is -2.35. The van der Waals surface area contributed by atoms with Gasteiger partial charge >= 0.3 is 0 Å². The van der Waals surface area contributed by atoms with Crippen molar-refractivity contribution in [2.45, 2.75) is 25.3 Å². The van der Waals surface area contributed by atoms with Gasteiger partial charge in [-0.15, -0.1) is 10.2 Å². The van der Waals surface area contributed by atoms with E-state index in [0.29, 0.717) is 5.15 Å². The highest BCUT2D eigenvalue weighted by Gasteiger charge is 2.22. The molecular weight excluding hydrogens is 214 g/mol. The molecule has 1 aromatic heterocycles. The fourth-order valence-corrected chi connectivity index (χ4v) is 2.05. The normalized spacial score (nSPS) is 21.7. The van der Waals surface area contributed by atoms with E-state index in [1.165, 1.54) is 6.42 Å². The first-order valence-electron chi connectivity index (χ1n) is 5.18. The van der Waals surface area contributed by atoms with Crippen LogP contribution in [-0.4, -0.2) is 34.5 Å². The largest absolute Gasteiger partial charge is 0.394 e. The van der Waals surface area contributed by atoms with E-state index in [-0.39, 0.29) is 12.6 Å². The monoisotopic (exact) mass is 227 g/mol. The number of nitrogens with zero attached hydrogens (tertiary/aromatic N) is 3. The average molecular weight is 228 g/mol. The van der Waals surface area contributed by atoms with Crippen LogP contribution in [-0.2, 0) is 0 Å². The second-order valence-electron chi connectivity index (χ2n) is 3.74. The maximum atomic E-state index is 9.26. The van der Waals surface area contributed by atoms with Crippen molar-refractivity contribution in [2.75, 3.05) is 18.1 Å². The van der Waals surface area contributed by atoms with E-state index >= 15 is 0 Å². The number of halogens is 1. The number of piperidine rings is 1. The van der Waals surface area contributed by atoms with Gasteiger partial charge in [-0.1, -0.05) is 11.6 Å². The maximum absolute atomic E-state index is 9.26. The Morgan fingerprint density at radius 2 is 2.27 bits per heavy atom. The highest BCUT2D eigenvalue weighted by Crippen LogP contribution is 2.22. The third-order valence-corrected chi connectivity index (χ3v) is 2.95. The molecule has 1 N–H and O–H groups in total. The molecular formula is C10H14ClN3O. The number of rotatable bonds is 2. The molecule has 0 amide bonds. The summed E-state index contributed by atoms with van der Waals surface area (Å²) in [6, 6.07) is 3.75. The first-order chi connectivity index (χ1) is 7.31. The minimum atomic E-state index is 0.171. The summed E-state index contributed by atoms with van der Waals surface area (Å²) < 4.78 is 0. The molecule has 1 aliphatic heterocycles. The first-order valence-corrected chi connectivity index (χ1v) is 5.56. The molecule has 5 heteroatoms. The Hall–Kier alpha value is -0.870. The van der Waals surface area contributed by atoms with Gasteiger partial charge in [0.2, 0.25) is 0 Å². The van der Waals surface area contributed by atoms with Gasteiger partial charge in [0.05, 0.1) is 12.6 Å². The Morgan fingerprint density at radius 1 is 1.40 bits per heavy atom. The molecule has 0 spiro atoms. The van der Waals surface area contributed by atoms with Crippen LogP contribution in [0.1, 0.15) is 19.3 Å². The van der Waals surface area contributed by atoms with E-state index in [9.17, 15) is 5.11 Å². The van der Waals surface area contributed by atoms with Crippen LogP contribution in [0.3, 0.4) is 0 Å². The molecule has 1 atom stereocenters. The molecule has 0 saturated carbocycles. The maximum Gasteiger partial charge on any atom is 0.151 e. The molecule has 4 nitrogen and oxygen atoms in total. The molecule has 0 aliphatic carbocycles. The Bertz CT molecular complexity index is 317. The zero-order valence-electron chi connectivity index (χ0n) is 8.43. The molecule has 0 aromatic carbocycles. The zero-order valence-corrected chi connectivity index (χ0v) is 9.19. The highest BCUT2D eigenvalue weighted by molar-refractivity contribution is 6.29. The molecule has 2 rings (SSSR count). The number of aliphatic hydroxyl groups is 1. The highest BCUT2D eigenvalue weighted by atomic mass is 35.5. The predicted molar refractivity (Wildman–Crippen MR) is 59.1 cm³/mol. The summed E-state index contributed by atoms with van der Waals surface area (Å²) in [6.07, 6.45) is 3.32. The number of hydrogen-bond acceptors (Lipinski definition) is 4. The van der Waals surface area contributed by atoms with Crippen molar-refractivity contribution < 1.29 is 5.11 Å². The van der Waals surface area contributed by atoms with Crippen molar-refractivity contribution in [3.05, 3.63) is 17.3 Å². The van der Waals surface area contributed by atoms with Crippen LogP contribution < -0.4 is 4.90 Å². The van der Waals surface area contributed by atoms with Crippen LogP contribution in [0, 0.1) is 0 Å². The summed E-state index contributed by atoms with van der Waals surface area (Å²) in [6.45, 7) is 1.10. The summed E-state index contributed by atoms with van der Waals surface area (Å²) in [5, 5.41) is 17.5. The first kappa shape index (κ1) is 10.6. The lowest BCUT2D eigenvalue weighted by atomic mass is 10.0. The molecule has 0 unspecified atom stereocenters. The summed E-state index contributed by atoms with van der Waals surface area (Å²) in [4.78, 5) is 2.10. The van der Waals surface area contributed by atoms with Crippen molar-refractivity contribution in [1.82, 2.24) is 10.2 Å². The van der Waals surface area contributed by atoms with Gasteiger partial charge in [-0.05, 0) is 31.4 Å². The minimum Gasteiger partial charge on any atom is -0.394 e. The molecule has 0 bridgehead atoms.